The molecule has 0 bridgehead atoms. The van der Waals surface area contributed by atoms with Gasteiger partial charge in [-0.3, -0.25) is 0 Å². The van der Waals surface area contributed by atoms with Gasteiger partial charge in [-0.2, -0.15) is 0 Å². The third-order valence-corrected chi connectivity index (χ3v) is 3.66. The van der Waals surface area contributed by atoms with E-state index in [4.69, 9.17) is 9.47 Å². The number of hydrogen-bond acceptors (Lipinski definition) is 2. The molecule has 0 radical (unpaired) electrons. The maximum Gasteiger partial charge on any atom is 0.190 e. The molecule has 1 aromatic rings. The molecule has 21 heavy (non-hydrogen) atoms. The third-order valence-electron chi connectivity index (χ3n) is 3.66. The summed E-state index contributed by atoms with van der Waals surface area (Å²) in [5, 5.41) is 2.16. The highest BCUT2D eigenvalue weighted by atomic mass is 16.5. The lowest BCUT2D eigenvalue weighted by Crippen LogP contribution is -2.89. The molecule has 1 atom stereocenters. The number of nitrogens with two attached hydrogens (primary N) is 1. The van der Waals surface area contributed by atoms with Crippen LogP contribution in [0.1, 0.15) is 43.7 Å². The first kappa shape index (κ1) is 15.9. The first-order valence-corrected chi connectivity index (χ1v) is 7.81. The molecule has 0 spiro atoms. The lowest BCUT2D eigenvalue weighted by Gasteiger charge is -2.13. The molecule has 0 aromatic heterocycles. The van der Waals surface area contributed by atoms with E-state index in [1.54, 1.807) is 0 Å². The van der Waals surface area contributed by atoms with E-state index in [1.165, 1.54) is 17.5 Å². The molecule has 3 heteroatoms. The second-order valence-electron chi connectivity index (χ2n) is 5.83. The summed E-state index contributed by atoms with van der Waals surface area (Å²) in [5.41, 5.74) is 2.46. The van der Waals surface area contributed by atoms with Crippen LogP contribution in [0.15, 0.2) is 18.2 Å². The predicted octanol–water partition coefficient (Wildman–Crippen LogP) is 2.20. The molecule has 1 heterocycles. The minimum Gasteiger partial charge on any atom is -0.481 e. The molecule has 0 saturated carbocycles. The topological polar surface area (TPSA) is 35.1 Å². The van der Waals surface area contributed by atoms with Gasteiger partial charge in [0.05, 0.1) is 6.61 Å². The first-order chi connectivity index (χ1) is 10.2. The maximum atomic E-state index is 5.83. The van der Waals surface area contributed by atoms with Crippen LogP contribution in [0.2, 0.25) is 0 Å². The van der Waals surface area contributed by atoms with Crippen LogP contribution in [-0.2, 0) is 4.74 Å². The van der Waals surface area contributed by atoms with E-state index in [9.17, 15) is 0 Å². The van der Waals surface area contributed by atoms with Crippen LogP contribution >= 0.6 is 0 Å². The van der Waals surface area contributed by atoms with Crippen molar-refractivity contribution in [3.63, 3.8) is 0 Å². The summed E-state index contributed by atoms with van der Waals surface area (Å²) in [6.07, 6.45) is 2.62. The largest absolute Gasteiger partial charge is 0.481 e. The molecule has 0 aliphatic carbocycles. The highest BCUT2D eigenvalue weighted by Crippen LogP contribution is 2.27. The summed E-state index contributed by atoms with van der Waals surface area (Å²) in [6, 6.07) is 6.37. The number of aryl methyl sites for hydroxylation is 1. The standard InChI is InChI=1S/C18H25NO2/c1-14(2)16-9-8-15(3)13-17(16)20-11-5-4-10-19-18-7-6-12-21-18/h8-9,13-14,18-19H,6-7,10-12H2,1-3H3/p+1/t18-/m1/s1. The summed E-state index contributed by atoms with van der Waals surface area (Å²) >= 11 is 0. The van der Waals surface area contributed by atoms with Gasteiger partial charge >= 0.3 is 0 Å². The van der Waals surface area contributed by atoms with Crippen molar-refractivity contribution in [2.24, 2.45) is 0 Å². The Morgan fingerprint density at radius 2 is 2.24 bits per heavy atom. The van der Waals surface area contributed by atoms with Crippen molar-refractivity contribution in [3.05, 3.63) is 29.3 Å². The smallest absolute Gasteiger partial charge is 0.190 e. The zero-order valence-corrected chi connectivity index (χ0v) is 13.3. The van der Waals surface area contributed by atoms with Crippen molar-refractivity contribution < 1.29 is 14.8 Å². The Kier molecular flexibility index (Phi) is 6.10. The average Bonchev–Trinajstić information content (AvgIpc) is 2.95. The maximum absolute atomic E-state index is 5.83. The van der Waals surface area contributed by atoms with Crippen molar-refractivity contribution in [2.75, 3.05) is 19.8 Å². The second-order valence-corrected chi connectivity index (χ2v) is 5.83. The molecule has 2 rings (SSSR count). The van der Waals surface area contributed by atoms with Gasteiger partial charge in [-0.05, 0) is 42.4 Å². The lowest BCUT2D eigenvalue weighted by atomic mass is 10.0. The zero-order chi connectivity index (χ0) is 15.1. The Labute approximate surface area is 128 Å². The molecule has 0 unspecified atom stereocenters. The van der Waals surface area contributed by atoms with E-state index < -0.39 is 0 Å². The van der Waals surface area contributed by atoms with Crippen molar-refractivity contribution in [2.45, 2.75) is 45.8 Å². The summed E-state index contributed by atoms with van der Waals surface area (Å²) < 4.78 is 11.4. The van der Waals surface area contributed by atoms with Crippen LogP contribution in [0.3, 0.4) is 0 Å². The van der Waals surface area contributed by atoms with Gasteiger partial charge in [0.25, 0.3) is 0 Å². The van der Waals surface area contributed by atoms with Crippen LogP contribution in [-0.4, -0.2) is 26.0 Å². The fourth-order valence-electron chi connectivity index (χ4n) is 2.46. The van der Waals surface area contributed by atoms with Crippen molar-refractivity contribution >= 4 is 0 Å². The minimum atomic E-state index is 0.310. The molecule has 1 aliphatic heterocycles. The van der Waals surface area contributed by atoms with Crippen LogP contribution < -0.4 is 10.1 Å². The van der Waals surface area contributed by atoms with Gasteiger partial charge in [-0.25, -0.2) is 0 Å². The van der Waals surface area contributed by atoms with Crippen LogP contribution in [0.25, 0.3) is 0 Å². The summed E-state index contributed by atoms with van der Waals surface area (Å²) in [5.74, 6) is 7.64. The number of hydrogen-bond donors (Lipinski definition) is 1. The Morgan fingerprint density at radius 1 is 1.38 bits per heavy atom. The van der Waals surface area contributed by atoms with E-state index in [0.717, 1.165) is 25.3 Å². The van der Waals surface area contributed by atoms with E-state index >= 15 is 0 Å². The normalized spacial score (nSPS) is 17.6. The van der Waals surface area contributed by atoms with Crippen LogP contribution in [0.4, 0.5) is 0 Å². The molecule has 3 nitrogen and oxygen atoms in total. The second kappa shape index (κ2) is 8.07. The van der Waals surface area contributed by atoms with E-state index in [0.29, 0.717) is 18.8 Å². The molecule has 1 aliphatic rings. The lowest BCUT2D eigenvalue weighted by molar-refractivity contribution is -0.713. The Balaban J connectivity index is 1.79. The SMILES string of the molecule is Cc1ccc(C(C)C)c(OCC#CC[NH2+][C@H]2CCCO2)c1. The van der Waals surface area contributed by atoms with Gasteiger partial charge in [0.1, 0.15) is 18.9 Å². The van der Waals surface area contributed by atoms with E-state index in [1.807, 2.05) is 0 Å². The first-order valence-electron chi connectivity index (χ1n) is 7.81. The quantitative estimate of drug-likeness (QED) is 0.843. The van der Waals surface area contributed by atoms with E-state index in [-0.39, 0.29) is 0 Å². The minimum absolute atomic E-state index is 0.310. The Morgan fingerprint density at radius 3 is 2.95 bits per heavy atom. The molecular weight excluding hydrogens is 262 g/mol. The van der Waals surface area contributed by atoms with Crippen molar-refractivity contribution in [1.82, 2.24) is 0 Å². The molecule has 0 amide bonds. The molecule has 114 valence electrons. The fourth-order valence-corrected chi connectivity index (χ4v) is 2.46. The Hall–Kier alpha value is -1.50. The van der Waals surface area contributed by atoms with Gasteiger partial charge in [0.15, 0.2) is 6.23 Å². The van der Waals surface area contributed by atoms with Gasteiger partial charge in [0.2, 0.25) is 0 Å². The van der Waals surface area contributed by atoms with Crippen molar-refractivity contribution in [1.29, 1.82) is 0 Å². The monoisotopic (exact) mass is 288 g/mol. The molecule has 2 N–H and O–H groups in total. The predicted molar refractivity (Wildman–Crippen MR) is 84.3 cm³/mol. The van der Waals surface area contributed by atoms with E-state index in [2.05, 4.69) is 56.1 Å². The average molecular weight is 288 g/mol. The zero-order valence-electron chi connectivity index (χ0n) is 13.3. The number of rotatable bonds is 5. The molecular formula is C18H26NO2+. The molecule has 1 saturated heterocycles. The third kappa shape index (κ3) is 5.08. The molecule has 1 fully saturated rings. The van der Waals surface area contributed by atoms with Crippen LogP contribution in [0, 0.1) is 18.8 Å². The van der Waals surface area contributed by atoms with Gasteiger partial charge in [-0.15, -0.1) is 0 Å². The van der Waals surface area contributed by atoms with Gasteiger partial charge in [-0.1, -0.05) is 31.9 Å². The Bertz CT molecular complexity index is 508. The highest BCUT2D eigenvalue weighted by molar-refractivity contribution is 5.39. The molecule has 1 aromatic carbocycles. The fraction of sp³-hybridized carbons (Fsp3) is 0.556. The highest BCUT2D eigenvalue weighted by Gasteiger charge is 2.16. The number of ether oxygens (including phenoxy) is 2. The van der Waals surface area contributed by atoms with Gasteiger partial charge < -0.3 is 14.8 Å². The van der Waals surface area contributed by atoms with Gasteiger partial charge in [0, 0.05) is 6.42 Å². The summed E-state index contributed by atoms with van der Waals surface area (Å²) in [4.78, 5) is 0. The number of benzene rings is 1. The van der Waals surface area contributed by atoms with Crippen LogP contribution in [0.5, 0.6) is 5.75 Å². The number of quaternary nitrogens is 1. The summed E-state index contributed by atoms with van der Waals surface area (Å²) in [6.45, 7) is 8.56. The summed E-state index contributed by atoms with van der Waals surface area (Å²) in [7, 11) is 0. The van der Waals surface area contributed by atoms with Crippen molar-refractivity contribution in [3.8, 4) is 17.6 Å².